The molecule has 1 fully saturated rings. The summed E-state index contributed by atoms with van der Waals surface area (Å²) in [5, 5.41) is 23.3. The lowest BCUT2D eigenvalue weighted by Gasteiger charge is -2.24. The van der Waals surface area contributed by atoms with E-state index in [1.807, 2.05) is 0 Å². The van der Waals surface area contributed by atoms with E-state index < -0.39 is 4.92 Å². The van der Waals surface area contributed by atoms with Crippen LogP contribution in [0.2, 0.25) is 0 Å². The third kappa shape index (κ3) is 5.32. The molecule has 1 aliphatic carbocycles. The van der Waals surface area contributed by atoms with Crippen LogP contribution in [-0.2, 0) is 11.2 Å². The Hall–Kier alpha value is -1.95. The highest BCUT2D eigenvalue weighted by Gasteiger charge is 2.24. The molecule has 1 amide bonds. The van der Waals surface area contributed by atoms with E-state index in [9.17, 15) is 20.0 Å². The molecule has 126 valence electrons. The van der Waals surface area contributed by atoms with Gasteiger partial charge in [-0.05, 0) is 24.8 Å². The zero-order chi connectivity index (χ0) is 16.7. The molecule has 0 saturated heterocycles. The number of carbonyl (C=O) groups excluding carboxylic acids is 1. The van der Waals surface area contributed by atoms with Gasteiger partial charge in [0, 0.05) is 37.1 Å². The number of nitrogens with zero attached hydrogens (tertiary/aromatic N) is 1. The van der Waals surface area contributed by atoms with Crippen LogP contribution >= 0.6 is 0 Å². The van der Waals surface area contributed by atoms with Crippen molar-refractivity contribution in [3.63, 3.8) is 0 Å². The van der Waals surface area contributed by atoms with Crippen LogP contribution in [0.25, 0.3) is 0 Å². The predicted octanol–water partition coefficient (Wildman–Crippen LogP) is 2.58. The van der Waals surface area contributed by atoms with Gasteiger partial charge in [0.1, 0.15) is 0 Å². The van der Waals surface area contributed by atoms with Gasteiger partial charge in [0.25, 0.3) is 5.69 Å². The minimum Gasteiger partial charge on any atom is -0.396 e. The van der Waals surface area contributed by atoms with Gasteiger partial charge < -0.3 is 10.4 Å². The topological polar surface area (TPSA) is 92.5 Å². The molecule has 2 N–H and O–H groups in total. The molecule has 2 unspecified atom stereocenters. The summed E-state index contributed by atoms with van der Waals surface area (Å²) in [5.74, 6) is 0.0844. The Labute approximate surface area is 136 Å². The lowest BCUT2D eigenvalue weighted by Crippen LogP contribution is -2.41. The van der Waals surface area contributed by atoms with E-state index in [1.54, 1.807) is 12.1 Å². The van der Waals surface area contributed by atoms with Crippen molar-refractivity contribution in [1.82, 2.24) is 5.32 Å². The van der Waals surface area contributed by atoms with Gasteiger partial charge in [-0.25, -0.2) is 0 Å². The fraction of sp³-hybridized carbons (Fsp3) is 0.588. The number of benzene rings is 1. The molecule has 1 saturated carbocycles. The first-order chi connectivity index (χ1) is 11.1. The largest absolute Gasteiger partial charge is 0.396 e. The number of nitro groups is 1. The average Bonchev–Trinajstić information content (AvgIpc) is 2.78. The molecule has 6 nitrogen and oxygen atoms in total. The van der Waals surface area contributed by atoms with Gasteiger partial charge >= 0.3 is 0 Å². The first-order valence-corrected chi connectivity index (χ1v) is 8.23. The lowest BCUT2D eigenvalue weighted by atomic mass is 9.95. The van der Waals surface area contributed by atoms with Crippen LogP contribution in [0.4, 0.5) is 5.69 Å². The van der Waals surface area contributed by atoms with Gasteiger partial charge in [0.05, 0.1) is 4.92 Å². The van der Waals surface area contributed by atoms with Crippen molar-refractivity contribution in [1.29, 1.82) is 0 Å². The van der Waals surface area contributed by atoms with Crippen molar-refractivity contribution >= 4 is 11.6 Å². The van der Waals surface area contributed by atoms with Crippen molar-refractivity contribution in [3.05, 3.63) is 39.9 Å². The number of aliphatic hydroxyl groups is 1. The zero-order valence-corrected chi connectivity index (χ0v) is 13.2. The molecule has 2 atom stereocenters. The van der Waals surface area contributed by atoms with Gasteiger partial charge in [0.2, 0.25) is 5.91 Å². The van der Waals surface area contributed by atoms with Gasteiger partial charge in [0.15, 0.2) is 0 Å². The minimum absolute atomic E-state index is 0.0418. The summed E-state index contributed by atoms with van der Waals surface area (Å²) in [6, 6.07) is 6.43. The fourth-order valence-corrected chi connectivity index (χ4v) is 3.16. The lowest BCUT2D eigenvalue weighted by molar-refractivity contribution is -0.384. The number of non-ortho nitro benzene ring substituents is 1. The number of nitro benzene ring substituents is 1. The fourth-order valence-electron chi connectivity index (χ4n) is 3.16. The van der Waals surface area contributed by atoms with E-state index in [1.165, 1.54) is 12.1 Å². The second kappa shape index (κ2) is 8.62. The summed E-state index contributed by atoms with van der Waals surface area (Å²) in [6.45, 7) is 0.107. The summed E-state index contributed by atoms with van der Waals surface area (Å²) in [7, 11) is 0. The van der Waals surface area contributed by atoms with Crippen molar-refractivity contribution in [2.75, 3.05) is 6.61 Å². The normalized spacial score (nSPS) is 21.4. The molecule has 0 heterocycles. The van der Waals surface area contributed by atoms with E-state index in [0.717, 1.165) is 37.7 Å². The number of aliphatic hydroxyl groups excluding tert-OH is 1. The molecule has 0 aromatic heterocycles. The van der Waals surface area contributed by atoms with E-state index >= 15 is 0 Å². The van der Waals surface area contributed by atoms with E-state index in [2.05, 4.69) is 5.32 Å². The maximum absolute atomic E-state index is 12.2. The monoisotopic (exact) mass is 320 g/mol. The average molecular weight is 320 g/mol. The molecule has 0 bridgehead atoms. The SMILES string of the molecule is O=C(CCc1cccc([N+](=O)[O-])c1)NC1CCCCCC1CO. The molecular weight excluding hydrogens is 296 g/mol. The minimum atomic E-state index is -0.430. The Morgan fingerprint density at radius 1 is 1.30 bits per heavy atom. The number of carbonyl (C=O) groups is 1. The van der Waals surface area contributed by atoms with Crippen LogP contribution in [-0.4, -0.2) is 28.6 Å². The highest BCUT2D eigenvalue weighted by atomic mass is 16.6. The zero-order valence-electron chi connectivity index (χ0n) is 13.2. The van der Waals surface area contributed by atoms with E-state index in [0.29, 0.717) is 12.8 Å². The smallest absolute Gasteiger partial charge is 0.269 e. The first-order valence-electron chi connectivity index (χ1n) is 8.23. The van der Waals surface area contributed by atoms with Gasteiger partial charge in [-0.15, -0.1) is 0 Å². The van der Waals surface area contributed by atoms with Gasteiger partial charge in [-0.1, -0.05) is 31.4 Å². The van der Waals surface area contributed by atoms with Crippen LogP contribution in [0, 0.1) is 16.0 Å². The second-order valence-electron chi connectivity index (χ2n) is 6.18. The Kier molecular flexibility index (Phi) is 6.52. The molecular formula is C17H24N2O4. The highest BCUT2D eigenvalue weighted by Crippen LogP contribution is 2.23. The third-order valence-electron chi connectivity index (χ3n) is 4.50. The molecule has 6 heteroatoms. The standard InChI is InChI=1S/C17H24N2O4/c20-12-14-6-2-1-3-8-16(14)18-17(21)10-9-13-5-4-7-15(11-13)19(22)23/h4-5,7,11,14,16,20H,1-3,6,8-10,12H2,(H,18,21). The molecule has 0 aliphatic heterocycles. The summed E-state index contributed by atoms with van der Waals surface area (Å²) < 4.78 is 0. The molecule has 1 aromatic carbocycles. The van der Waals surface area contributed by atoms with Crippen molar-refractivity contribution in [2.45, 2.75) is 51.0 Å². The maximum atomic E-state index is 12.2. The molecule has 0 spiro atoms. The third-order valence-corrected chi connectivity index (χ3v) is 4.50. The van der Waals surface area contributed by atoms with Crippen LogP contribution < -0.4 is 5.32 Å². The van der Waals surface area contributed by atoms with Crippen LogP contribution in [0.3, 0.4) is 0 Å². The Morgan fingerprint density at radius 3 is 2.83 bits per heavy atom. The number of hydrogen-bond donors (Lipinski definition) is 2. The van der Waals surface area contributed by atoms with E-state index in [-0.39, 0.29) is 30.2 Å². The number of hydrogen-bond acceptors (Lipinski definition) is 4. The number of nitrogens with one attached hydrogen (secondary N) is 1. The van der Waals surface area contributed by atoms with Crippen molar-refractivity contribution in [3.8, 4) is 0 Å². The first kappa shape index (κ1) is 17.4. The van der Waals surface area contributed by atoms with Crippen molar-refractivity contribution in [2.24, 2.45) is 5.92 Å². The summed E-state index contributed by atoms with van der Waals surface area (Å²) in [4.78, 5) is 22.5. The quantitative estimate of drug-likeness (QED) is 0.479. The molecule has 0 radical (unpaired) electrons. The predicted molar refractivity (Wildman–Crippen MR) is 87.0 cm³/mol. The van der Waals surface area contributed by atoms with Crippen LogP contribution in [0.1, 0.15) is 44.1 Å². The van der Waals surface area contributed by atoms with E-state index in [4.69, 9.17) is 0 Å². The Bertz CT molecular complexity index is 547. The van der Waals surface area contributed by atoms with Gasteiger partial charge in [-0.2, -0.15) is 0 Å². The van der Waals surface area contributed by atoms with Crippen LogP contribution in [0.15, 0.2) is 24.3 Å². The second-order valence-corrected chi connectivity index (χ2v) is 6.18. The summed E-state index contributed by atoms with van der Waals surface area (Å²) in [5.41, 5.74) is 0.834. The molecule has 23 heavy (non-hydrogen) atoms. The summed E-state index contributed by atoms with van der Waals surface area (Å²) >= 11 is 0. The molecule has 2 rings (SSSR count). The number of amides is 1. The molecule has 1 aromatic rings. The maximum Gasteiger partial charge on any atom is 0.269 e. The van der Waals surface area contributed by atoms with Crippen molar-refractivity contribution < 1.29 is 14.8 Å². The Balaban J connectivity index is 1.86. The highest BCUT2D eigenvalue weighted by molar-refractivity contribution is 5.76. The number of aryl methyl sites for hydroxylation is 1. The Morgan fingerprint density at radius 2 is 2.09 bits per heavy atom. The number of rotatable bonds is 6. The molecule has 1 aliphatic rings. The van der Waals surface area contributed by atoms with Gasteiger partial charge in [-0.3, -0.25) is 14.9 Å². The van der Waals surface area contributed by atoms with Crippen LogP contribution in [0.5, 0.6) is 0 Å². The summed E-state index contributed by atoms with van der Waals surface area (Å²) in [6.07, 6.45) is 5.97.